The topological polar surface area (TPSA) is 41.1 Å². The van der Waals surface area contributed by atoms with Crippen molar-refractivity contribution in [3.05, 3.63) is 41.1 Å². The molecule has 0 aliphatic rings. The summed E-state index contributed by atoms with van der Waals surface area (Å²) < 4.78 is 37.6. The molecular weight excluding hydrogens is 269 g/mol. The zero-order chi connectivity index (χ0) is 13.8. The largest absolute Gasteiger partial charge is 0.417 e. The Balaban J connectivity index is 2.89. The maximum atomic E-state index is 12.5. The summed E-state index contributed by atoms with van der Waals surface area (Å²) in [7, 11) is 0. The summed E-state index contributed by atoms with van der Waals surface area (Å²) >= 11 is 5.44. The number of rotatable bonds is 2. The first-order valence-corrected chi connectivity index (χ1v) is 5.28. The average Bonchev–Trinajstić information content (AvgIpc) is 2.27. The number of benzene rings is 1. The molecule has 0 saturated carbocycles. The molecule has 3 nitrogen and oxygen atoms in total. The highest BCUT2D eigenvalue weighted by Crippen LogP contribution is 2.36. The molecule has 0 bridgehead atoms. The van der Waals surface area contributed by atoms with Crippen LogP contribution in [-0.2, 0) is 6.18 Å². The van der Waals surface area contributed by atoms with Gasteiger partial charge < -0.3 is 10.6 Å². The Hall–Kier alpha value is -1.69. The van der Waals surface area contributed by atoms with Crippen LogP contribution in [0.5, 0.6) is 0 Å². The van der Waals surface area contributed by atoms with Gasteiger partial charge in [0.25, 0.3) is 0 Å². The smallest absolute Gasteiger partial charge is 0.315 e. The molecule has 2 N–H and O–H groups in total. The lowest BCUT2D eigenvalue weighted by Gasteiger charge is -2.11. The van der Waals surface area contributed by atoms with E-state index in [0.29, 0.717) is 0 Å². The molecule has 1 aromatic carbocycles. The monoisotopic (exact) mass is 278 g/mol. The van der Waals surface area contributed by atoms with E-state index in [1.165, 1.54) is 12.3 Å². The van der Waals surface area contributed by atoms with Crippen LogP contribution >= 0.6 is 11.6 Å². The molecule has 18 heavy (non-hydrogen) atoms. The number of alkyl halides is 3. The van der Waals surface area contributed by atoms with Crippen LogP contribution in [0.2, 0.25) is 5.02 Å². The van der Waals surface area contributed by atoms with Crippen molar-refractivity contribution in [3.63, 3.8) is 0 Å². The van der Waals surface area contributed by atoms with Gasteiger partial charge in [0.15, 0.2) is 0 Å². The zero-order valence-electron chi connectivity index (χ0n) is 9.31. The third-order valence-corrected chi connectivity index (χ3v) is 2.24. The van der Waals surface area contributed by atoms with Gasteiger partial charge in [-0.05, 0) is 25.1 Å². The van der Waals surface area contributed by atoms with E-state index >= 15 is 0 Å². The maximum absolute atomic E-state index is 12.5. The van der Waals surface area contributed by atoms with E-state index in [4.69, 9.17) is 11.6 Å². The lowest BCUT2D eigenvalue weighted by atomic mass is 10.2. The number of anilines is 1. The van der Waals surface area contributed by atoms with E-state index in [0.717, 1.165) is 12.1 Å². The van der Waals surface area contributed by atoms with Gasteiger partial charge in [-0.25, -0.2) is 4.79 Å². The molecular formula is C11H10ClF3N2O. The number of nitrogens with one attached hydrogen (secondary N) is 2. The van der Waals surface area contributed by atoms with Gasteiger partial charge in [-0.2, -0.15) is 13.2 Å². The van der Waals surface area contributed by atoms with Gasteiger partial charge in [0, 0.05) is 11.9 Å². The summed E-state index contributed by atoms with van der Waals surface area (Å²) in [5.41, 5.74) is -0.985. The number of hydrogen-bond acceptors (Lipinski definition) is 1. The second-order valence-corrected chi connectivity index (χ2v) is 3.70. The second-order valence-electron chi connectivity index (χ2n) is 3.29. The molecule has 0 saturated heterocycles. The van der Waals surface area contributed by atoms with Crippen LogP contribution in [0.4, 0.5) is 23.7 Å². The zero-order valence-corrected chi connectivity index (χ0v) is 10.1. The number of carbonyl (C=O) groups is 1. The first-order valence-electron chi connectivity index (χ1n) is 4.90. The van der Waals surface area contributed by atoms with Crippen LogP contribution in [0, 0.1) is 0 Å². The van der Waals surface area contributed by atoms with Gasteiger partial charge in [-0.1, -0.05) is 17.7 Å². The Morgan fingerprint density at radius 1 is 1.39 bits per heavy atom. The van der Waals surface area contributed by atoms with Crippen LogP contribution in [0.15, 0.2) is 30.5 Å². The fourth-order valence-electron chi connectivity index (χ4n) is 1.15. The number of amides is 2. The minimum atomic E-state index is -4.56. The van der Waals surface area contributed by atoms with Crippen molar-refractivity contribution in [2.24, 2.45) is 0 Å². The number of hydrogen-bond donors (Lipinski definition) is 2. The summed E-state index contributed by atoms with van der Waals surface area (Å²) in [6.07, 6.45) is -1.63. The van der Waals surface area contributed by atoms with Gasteiger partial charge >= 0.3 is 12.2 Å². The van der Waals surface area contributed by atoms with Crippen molar-refractivity contribution in [2.75, 3.05) is 5.32 Å². The highest BCUT2D eigenvalue weighted by atomic mass is 35.5. The van der Waals surface area contributed by atoms with Crippen LogP contribution < -0.4 is 10.6 Å². The first-order chi connectivity index (χ1) is 8.34. The van der Waals surface area contributed by atoms with Crippen molar-refractivity contribution in [1.29, 1.82) is 0 Å². The minimum Gasteiger partial charge on any atom is -0.315 e. The molecule has 0 radical (unpaired) electrons. The Bertz CT molecular complexity index is 472. The van der Waals surface area contributed by atoms with E-state index in [1.807, 2.05) is 0 Å². The number of urea groups is 1. The van der Waals surface area contributed by atoms with E-state index in [-0.39, 0.29) is 5.69 Å². The van der Waals surface area contributed by atoms with E-state index in [9.17, 15) is 18.0 Å². The molecule has 0 aliphatic heterocycles. The van der Waals surface area contributed by atoms with Gasteiger partial charge in [-0.15, -0.1) is 0 Å². The summed E-state index contributed by atoms with van der Waals surface area (Å²) in [5, 5.41) is 4.15. The van der Waals surface area contributed by atoms with Gasteiger partial charge in [0.1, 0.15) is 0 Å². The third-order valence-electron chi connectivity index (χ3n) is 1.91. The number of halogens is 4. The SMILES string of the molecule is C/C=C/NC(=O)Nc1ccc(Cl)c(C(F)(F)F)c1. The molecule has 98 valence electrons. The van der Waals surface area contributed by atoms with Crippen molar-refractivity contribution < 1.29 is 18.0 Å². The minimum absolute atomic E-state index is 0.00808. The van der Waals surface area contributed by atoms with E-state index in [1.54, 1.807) is 13.0 Å². The molecule has 0 fully saturated rings. The van der Waals surface area contributed by atoms with Gasteiger partial charge in [-0.3, -0.25) is 0 Å². The molecule has 0 unspecified atom stereocenters. The normalized spacial score (nSPS) is 11.6. The number of carbonyl (C=O) groups excluding carboxylic acids is 1. The van der Waals surface area contributed by atoms with Crippen molar-refractivity contribution in [2.45, 2.75) is 13.1 Å². The van der Waals surface area contributed by atoms with Crippen LogP contribution in [-0.4, -0.2) is 6.03 Å². The molecule has 1 aromatic rings. The van der Waals surface area contributed by atoms with Crippen LogP contribution in [0.1, 0.15) is 12.5 Å². The Kier molecular flexibility index (Phi) is 4.61. The Labute approximate surface area is 107 Å². The first kappa shape index (κ1) is 14.4. The number of allylic oxidation sites excluding steroid dienone is 1. The predicted octanol–water partition coefficient (Wildman–Crippen LogP) is 4.01. The molecule has 0 aliphatic carbocycles. The summed E-state index contributed by atoms with van der Waals surface area (Å²) in [6, 6.07) is 2.50. The third kappa shape index (κ3) is 3.96. The van der Waals surface area contributed by atoms with Gasteiger partial charge in [0.2, 0.25) is 0 Å². The standard InChI is InChI=1S/C11H10ClF3N2O/c1-2-5-16-10(18)17-7-3-4-9(12)8(6-7)11(13,14)15/h2-6H,1H3,(H2,16,17,18)/b5-2+. The lowest BCUT2D eigenvalue weighted by Crippen LogP contribution is -2.24. The summed E-state index contributed by atoms with van der Waals surface area (Å²) in [6.45, 7) is 1.68. The highest BCUT2D eigenvalue weighted by Gasteiger charge is 2.33. The predicted molar refractivity (Wildman–Crippen MR) is 63.4 cm³/mol. The van der Waals surface area contributed by atoms with Crippen LogP contribution in [0.25, 0.3) is 0 Å². The lowest BCUT2D eigenvalue weighted by molar-refractivity contribution is -0.137. The molecule has 0 heterocycles. The average molecular weight is 279 g/mol. The summed E-state index contributed by atoms with van der Waals surface area (Å²) in [5.74, 6) is 0. The molecule has 7 heteroatoms. The highest BCUT2D eigenvalue weighted by molar-refractivity contribution is 6.31. The van der Waals surface area contributed by atoms with Crippen molar-refractivity contribution in [1.82, 2.24) is 5.32 Å². The maximum Gasteiger partial charge on any atom is 0.417 e. The van der Waals surface area contributed by atoms with Crippen molar-refractivity contribution in [3.8, 4) is 0 Å². The quantitative estimate of drug-likeness (QED) is 0.843. The molecule has 0 spiro atoms. The molecule has 0 atom stereocenters. The van der Waals surface area contributed by atoms with Crippen LogP contribution in [0.3, 0.4) is 0 Å². The van der Waals surface area contributed by atoms with Gasteiger partial charge in [0.05, 0.1) is 10.6 Å². The fraction of sp³-hybridized carbons (Fsp3) is 0.182. The molecule has 1 rings (SSSR count). The molecule has 2 amide bonds. The Morgan fingerprint density at radius 3 is 2.61 bits per heavy atom. The van der Waals surface area contributed by atoms with Crippen molar-refractivity contribution >= 4 is 23.3 Å². The summed E-state index contributed by atoms with van der Waals surface area (Å²) in [4.78, 5) is 11.2. The van der Waals surface area contributed by atoms with E-state index < -0.39 is 22.8 Å². The molecule has 0 aromatic heterocycles. The second kappa shape index (κ2) is 5.77. The fourth-order valence-corrected chi connectivity index (χ4v) is 1.37. The Morgan fingerprint density at radius 2 is 2.06 bits per heavy atom. The van der Waals surface area contributed by atoms with E-state index in [2.05, 4.69) is 10.6 Å².